The molecule has 0 radical (unpaired) electrons. The Balaban J connectivity index is 2.01. The Morgan fingerprint density at radius 1 is 1.29 bits per heavy atom. The van der Waals surface area contributed by atoms with E-state index in [4.69, 9.17) is 5.11 Å². The predicted molar refractivity (Wildman–Crippen MR) is 77.9 cm³/mol. The maximum absolute atomic E-state index is 12.4. The van der Waals surface area contributed by atoms with Crippen LogP contribution in [0.1, 0.15) is 31.2 Å². The standard InChI is InChI=1S/C15H20N2O4/c18-10-9-16(13-3-1-2-4-13)15(19)11-12-5-7-14(8-6-12)17(20)21/h5-8,13,18H,1-4,9-11H2. The van der Waals surface area contributed by atoms with Gasteiger partial charge in [-0.3, -0.25) is 14.9 Å². The zero-order valence-corrected chi connectivity index (χ0v) is 11.9. The average Bonchev–Trinajstić information content (AvgIpc) is 2.99. The summed E-state index contributed by atoms with van der Waals surface area (Å²) in [5, 5.41) is 19.7. The summed E-state index contributed by atoms with van der Waals surface area (Å²) < 4.78 is 0. The number of amides is 1. The highest BCUT2D eigenvalue weighted by atomic mass is 16.6. The van der Waals surface area contributed by atoms with E-state index in [1.165, 1.54) is 12.1 Å². The van der Waals surface area contributed by atoms with Crippen molar-refractivity contribution in [3.63, 3.8) is 0 Å². The molecule has 0 aromatic heterocycles. The minimum absolute atomic E-state index is 0.0224. The summed E-state index contributed by atoms with van der Waals surface area (Å²) >= 11 is 0. The second-order valence-corrected chi connectivity index (χ2v) is 5.35. The Bertz CT molecular complexity index is 495. The topological polar surface area (TPSA) is 83.7 Å². The zero-order valence-electron chi connectivity index (χ0n) is 11.9. The van der Waals surface area contributed by atoms with Crippen molar-refractivity contribution in [2.75, 3.05) is 13.2 Å². The molecule has 0 unspecified atom stereocenters. The number of hydrogen-bond donors (Lipinski definition) is 1. The molecule has 0 heterocycles. The lowest BCUT2D eigenvalue weighted by atomic mass is 10.1. The van der Waals surface area contributed by atoms with Crippen LogP contribution in [0.3, 0.4) is 0 Å². The summed E-state index contributed by atoms with van der Waals surface area (Å²) in [6, 6.07) is 6.27. The molecule has 6 heteroatoms. The third kappa shape index (κ3) is 4.01. The van der Waals surface area contributed by atoms with E-state index in [-0.39, 0.29) is 30.7 Å². The summed E-state index contributed by atoms with van der Waals surface area (Å²) in [6.07, 6.45) is 4.45. The largest absolute Gasteiger partial charge is 0.395 e. The van der Waals surface area contributed by atoms with Gasteiger partial charge in [-0.1, -0.05) is 25.0 Å². The first kappa shape index (κ1) is 15.4. The first-order valence-electron chi connectivity index (χ1n) is 7.25. The van der Waals surface area contributed by atoms with E-state index in [1.807, 2.05) is 0 Å². The first-order valence-corrected chi connectivity index (χ1v) is 7.25. The molecule has 0 saturated heterocycles. The van der Waals surface area contributed by atoms with Gasteiger partial charge in [0.2, 0.25) is 5.91 Å². The monoisotopic (exact) mass is 292 g/mol. The molecule has 1 aliphatic carbocycles. The number of benzene rings is 1. The fraction of sp³-hybridized carbons (Fsp3) is 0.533. The van der Waals surface area contributed by atoms with Gasteiger partial charge in [0.1, 0.15) is 0 Å². The number of hydrogen-bond acceptors (Lipinski definition) is 4. The van der Waals surface area contributed by atoms with Crippen LogP contribution >= 0.6 is 0 Å². The molecule has 2 rings (SSSR count). The number of nitro groups is 1. The van der Waals surface area contributed by atoms with Gasteiger partial charge in [0.25, 0.3) is 5.69 Å². The molecule has 0 aliphatic heterocycles. The van der Waals surface area contributed by atoms with Crippen molar-refractivity contribution in [3.05, 3.63) is 39.9 Å². The Hall–Kier alpha value is -1.95. The molecule has 6 nitrogen and oxygen atoms in total. The van der Waals surface area contributed by atoms with E-state index in [0.717, 1.165) is 31.2 Å². The Labute approximate surface area is 123 Å². The van der Waals surface area contributed by atoms with E-state index >= 15 is 0 Å². The van der Waals surface area contributed by atoms with Crippen LogP contribution in [-0.2, 0) is 11.2 Å². The Morgan fingerprint density at radius 3 is 2.43 bits per heavy atom. The highest BCUT2D eigenvalue weighted by molar-refractivity contribution is 5.79. The zero-order chi connectivity index (χ0) is 15.2. The lowest BCUT2D eigenvalue weighted by molar-refractivity contribution is -0.384. The lowest BCUT2D eigenvalue weighted by Gasteiger charge is -2.28. The van der Waals surface area contributed by atoms with Crippen LogP contribution < -0.4 is 0 Å². The highest BCUT2D eigenvalue weighted by Crippen LogP contribution is 2.24. The van der Waals surface area contributed by atoms with Crippen LogP contribution in [-0.4, -0.2) is 40.0 Å². The second-order valence-electron chi connectivity index (χ2n) is 5.35. The van der Waals surface area contributed by atoms with E-state index in [1.54, 1.807) is 17.0 Å². The van der Waals surface area contributed by atoms with Gasteiger partial charge in [-0.15, -0.1) is 0 Å². The fourth-order valence-electron chi connectivity index (χ4n) is 2.85. The predicted octanol–water partition coefficient (Wildman–Crippen LogP) is 1.90. The minimum atomic E-state index is -0.456. The molecular weight excluding hydrogens is 272 g/mol. The molecule has 1 N–H and O–H groups in total. The van der Waals surface area contributed by atoms with Crippen LogP contribution in [0.15, 0.2) is 24.3 Å². The van der Waals surface area contributed by atoms with Crippen molar-refractivity contribution in [1.82, 2.24) is 4.90 Å². The van der Waals surface area contributed by atoms with E-state index in [2.05, 4.69) is 0 Å². The number of carbonyl (C=O) groups is 1. The van der Waals surface area contributed by atoms with Crippen LogP contribution in [0.5, 0.6) is 0 Å². The van der Waals surface area contributed by atoms with Crippen molar-refractivity contribution in [2.45, 2.75) is 38.1 Å². The van der Waals surface area contributed by atoms with Crippen molar-refractivity contribution >= 4 is 11.6 Å². The first-order chi connectivity index (χ1) is 10.1. The van der Waals surface area contributed by atoms with Crippen LogP contribution in [0.2, 0.25) is 0 Å². The Kier molecular flexibility index (Phi) is 5.27. The Morgan fingerprint density at radius 2 is 1.90 bits per heavy atom. The van der Waals surface area contributed by atoms with Crippen LogP contribution in [0, 0.1) is 10.1 Å². The summed E-state index contributed by atoms with van der Waals surface area (Å²) in [4.78, 5) is 24.3. The molecule has 1 fully saturated rings. The van der Waals surface area contributed by atoms with Crippen molar-refractivity contribution < 1.29 is 14.8 Å². The van der Waals surface area contributed by atoms with Gasteiger partial charge in [0.15, 0.2) is 0 Å². The van der Waals surface area contributed by atoms with Gasteiger partial charge >= 0.3 is 0 Å². The molecule has 0 spiro atoms. The molecule has 114 valence electrons. The molecular formula is C15H20N2O4. The van der Waals surface area contributed by atoms with Gasteiger partial charge < -0.3 is 10.0 Å². The average molecular weight is 292 g/mol. The quantitative estimate of drug-likeness (QED) is 0.641. The molecule has 21 heavy (non-hydrogen) atoms. The van der Waals surface area contributed by atoms with Gasteiger partial charge in [0, 0.05) is 24.7 Å². The normalized spacial score (nSPS) is 15.1. The van der Waals surface area contributed by atoms with E-state index < -0.39 is 4.92 Å². The van der Waals surface area contributed by atoms with Crippen molar-refractivity contribution in [2.24, 2.45) is 0 Å². The van der Waals surface area contributed by atoms with Gasteiger partial charge in [-0.25, -0.2) is 0 Å². The molecule has 1 saturated carbocycles. The highest BCUT2D eigenvalue weighted by Gasteiger charge is 2.26. The van der Waals surface area contributed by atoms with Crippen LogP contribution in [0.25, 0.3) is 0 Å². The van der Waals surface area contributed by atoms with Gasteiger partial charge in [-0.2, -0.15) is 0 Å². The number of nitrogens with zero attached hydrogens (tertiary/aromatic N) is 2. The second kappa shape index (κ2) is 7.17. The number of aliphatic hydroxyl groups is 1. The third-order valence-electron chi connectivity index (χ3n) is 3.93. The number of carbonyl (C=O) groups excluding carboxylic acids is 1. The van der Waals surface area contributed by atoms with E-state index in [9.17, 15) is 14.9 Å². The number of nitro benzene ring substituents is 1. The number of rotatable bonds is 6. The molecule has 0 atom stereocenters. The molecule has 1 aromatic rings. The maximum atomic E-state index is 12.4. The molecule has 1 amide bonds. The number of aliphatic hydroxyl groups excluding tert-OH is 1. The van der Waals surface area contributed by atoms with Gasteiger partial charge in [-0.05, 0) is 18.4 Å². The molecule has 0 bridgehead atoms. The maximum Gasteiger partial charge on any atom is 0.269 e. The van der Waals surface area contributed by atoms with Crippen molar-refractivity contribution in [1.29, 1.82) is 0 Å². The van der Waals surface area contributed by atoms with Crippen LogP contribution in [0.4, 0.5) is 5.69 Å². The minimum Gasteiger partial charge on any atom is -0.395 e. The number of non-ortho nitro benzene ring substituents is 1. The molecule has 1 aliphatic rings. The lowest BCUT2D eigenvalue weighted by Crippen LogP contribution is -2.41. The summed E-state index contributed by atoms with van der Waals surface area (Å²) in [5.41, 5.74) is 0.778. The third-order valence-corrected chi connectivity index (χ3v) is 3.93. The van der Waals surface area contributed by atoms with E-state index in [0.29, 0.717) is 6.54 Å². The van der Waals surface area contributed by atoms with Crippen molar-refractivity contribution in [3.8, 4) is 0 Å². The SMILES string of the molecule is O=C(Cc1ccc([N+](=O)[O-])cc1)N(CCO)C1CCCC1. The summed E-state index contributed by atoms with van der Waals surface area (Å²) in [6.45, 7) is 0.318. The smallest absolute Gasteiger partial charge is 0.269 e. The summed E-state index contributed by atoms with van der Waals surface area (Å²) in [7, 11) is 0. The summed E-state index contributed by atoms with van der Waals surface area (Å²) in [5.74, 6) is -0.0233. The fourth-order valence-corrected chi connectivity index (χ4v) is 2.85. The molecule has 1 aromatic carbocycles. The van der Waals surface area contributed by atoms with Gasteiger partial charge in [0.05, 0.1) is 18.0 Å².